The standard InChI is InChI=1S/C21H24N2O6S/c1-11-12(2)30-20(18(11)21(26)29-5)22-19(25)13-8-17(24)23(10-13)14-6-7-15(27-3)16(9-14)28-4/h6-7,9,13H,8,10H2,1-5H3,(H,22,25). The molecule has 0 saturated carbocycles. The number of nitrogens with one attached hydrogen (secondary N) is 1. The highest BCUT2D eigenvalue weighted by atomic mass is 32.1. The molecule has 8 nitrogen and oxygen atoms in total. The van der Waals surface area contributed by atoms with Crippen molar-refractivity contribution in [3.63, 3.8) is 0 Å². The average Bonchev–Trinajstić information content (AvgIpc) is 3.26. The molecule has 1 N–H and O–H groups in total. The van der Waals surface area contributed by atoms with Gasteiger partial charge in [0.05, 0.1) is 32.8 Å². The van der Waals surface area contributed by atoms with Gasteiger partial charge in [-0.25, -0.2) is 4.79 Å². The first-order valence-corrected chi connectivity index (χ1v) is 10.1. The van der Waals surface area contributed by atoms with Crippen LogP contribution in [-0.4, -0.2) is 45.7 Å². The third-order valence-corrected chi connectivity index (χ3v) is 6.31. The number of benzene rings is 1. The number of aryl methyl sites for hydroxylation is 1. The van der Waals surface area contributed by atoms with Crippen molar-refractivity contribution in [3.05, 3.63) is 34.2 Å². The van der Waals surface area contributed by atoms with Crippen molar-refractivity contribution >= 4 is 39.8 Å². The first-order valence-electron chi connectivity index (χ1n) is 9.32. The Bertz CT molecular complexity index is 1000. The summed E-state index contributed by atoms with van der Waals surface area (Å²) in [6.45, 7) is 3.92. The molecule has 2 aromatic rings. The fourth-order valence-electron chi connectivity index (χ4n) is 3.40. The highest BCUT2D eigenvalue weighted by Crippen LogP contribution is 2.36. The minimum Gasteiger partial charge on any atom is -0.493 e. The summed E-state index contributed by atoms with van der Waals surface area (Å²) in [5, 5.41) is 3.26. The van der Waals surface area contributed by atoms with Crippen LogP contribution >= 0.6 is 11.3 Å². The Hall–Kier alpha value is -3.07. The predicted octanol–water partition coefficient (Wildman–Crippen LogP) is 3.16. The van der Waals surface area contributed by atoms with Crippen LogP contribution in [0.25, 0.3) is 0 Å². The van der Waals surface area contributed by atoms with E-state index in [0.29, 0.717) is 27.8 Å². The molecule has 1 unspecified atom stereocenters. The number of thiophene rings is 1. The van der Waals surface area contributed by atoms with E-state index < -0.39 is 11.9 Å². The van der Waals surface area contributed by atoms with Gasteiger partial charge < -0.3 is 24.4 Å². The summed E-state index contributed by atoms with van der Waals surface area (Å²) in [6, 6.07) is 5.17. The molecule has 2 heterocycles. The lowest BCUT2D eigenvalue weighted by molar-refractivity contribution is -0.122. The first-order chi connectivity index (χ1) is 14.3. The van der Waals surface area contributed by atoms with Gasteiger partial charge in [-0.2, -0.15) is 0 Å². The number of rotatable bonds is 6. The van der Waals surface area contributed by atoms with Gasteiger partial charge in [0, 0.05) is 29.6 Å². The van der Waals surface area contributed by atoms with Crippen molar-refractivity contribution < 1.29 is 28.6 Å². The van der Waals surface area contributed by atoms with Crippen molar-refractivity contribution in [1.82, 2.24) is 0 Å². The normalized spacial score (nSPS) is 15.8. The molecule has 1 atom stereocenters. The van der Waals surface area contributed by atoms with Gasteiger partial charge in [0.25, 0.3) is 0 Å². The fourth-order valence-corrected chi connectivity index (χ4v) is 4.45. The van der Waals surface area contributed by atoms with Crippen molar-refractivity contribution in [3.8, 4) is 11.5 Å². The van der Waals surface area contributed by atoms with E-state index in [2.05, 4.69) is 5.32 Å². The highest BCUT2D eigenvalue weighted by molar-refractivity contribution is 7.16. The predicted molar refractivity (Wildman–Crippen MR) is 114 cm³/mol. The van der Waals surface area contributed by atoms with Crippen molar-refractivity contribution in [2.75, 3.05) is 38.1 Å². The van der Waals surface area contributed by atoms with Gasteiger partial charge in [-0.3, -0.25) is 9.59 Å². The van der Waals surface area contributed by atoms with Crippen LogP contribution < -0.4 is 19.7 Å². The second kappa shape index (κ2) is 8.74. The molecular weight excluding hydrogens is 408 g/mol. The molecule has 30 heavy (non-hydrogen) atoms. The summed E-state index contributed by atoms with van der Waals surface area (Å²) in [5.74, 6) is -0.448. The Morgan fingerprint density at radius 2 is 1.83 bits per heavy atom. The molecule has 3 rings (SSSR count). The lowest BCUT2D eigenvalue weighted by Gasteiger charge is -2.18. The lowest BCUT2D eigenvalue weighted by Crippen LogP contribution is -2.28. The Morgan fingerprint density at radius 3 is 2.47 bits per heavy atom. The van der Waals surface area contributed by atoms with E-state index in [9.17, 15) is 14.4 Å². The summed E-state index contributed by atoms with van der Waals surface area (Å²) in [7, 11) is 4.36. The van der Waals surface area contributed by atoms with Gasteiger partial charge in [0.1, 0.15) is 5.00 Å². The number of anilines is 2. The molecular formula is C21H24N2O6S. The monoisotopic (exact) mass is 432 g/mol. The molecule has 1 aliphatic heterocycles. The Labute approximate surface area is 178 Å². The Kier molecular flexibility index (Phi) is 6.31. The number of carbonyl (C=O) groups is 3. The van der Waals surface area contributed by atoms with Crippen LogP contribution in [0.2, 0.25) is 0 Å². The van der Waals surface area contributed by atoms with Gasteiger partial charge in [-0.1, -0.05) is 0 Å². The summed E-state index contributed by atoms with van der Waals surface area (Å²) >= 11 is 1.32. The van der Waals surface area contributed by atoms with Gasteiger partial charge in [0.15, 0.2) is 11.5 Å². The smallest absolute Gasteiger partial charge is 0.341 e. The molecule has 9 heteroatoms. The second-order valence-corrected chi connectivity index (χ2v) is 8.14. The van der Waals surface area contributed by atoms with E-state index in [0.717, 1.165) is 10.4 Å². The topological polar surface area (TPSA) is 94.2 Å². The van der Waals surface area contributed by atoms with E-state index >= 15 is 0 Å². The van der Waals surface area contributed by atoms with Crippen LogP contribution in [0.1, 0.15) is 27.2 Å². The molecule has 1 aromatic carbocycles. The molecule has 1 fully saturated rings. The largest absolute Gasteiger partial charge is 0.493 e. The molecule has 1 saturated heterocycles. The van der Waals surface area contributed by atoms with Crippen LogP contribution in [0.4, 0.5) is 10.7 Å². The van der Waals surface area contributed by atoms with Crippen LogP contribution in [0.5, 0.6) is 11.5 Å². The Morgan fingerprint density at radius 1 is 1.13 bits per heavy atom. The van der Waals surface area contributed by atoms with E-state index in [1.807, 2.05) is 13.8 Å². The molecule has 0 aliphatic carbocycles. The Balaban J connectivity index is 1.78. The van der Waals surface area contributed by atoms with E-state index in [-0.39, 0.29) is 24.8 Å². The summed E-state index contributed by atoms with van der Waals surface area (Å²) in [4.78, 5) is 40.0. The second-order valence-electron chi connectivity index (χ2n) is 6.91. The molecule has 0 bridgehead atoms. The molecule has 2 amide bonds. The van der Waals surface area contributed by atoms with Crippen molar-refractivity contribution in [1.29, 1.82) is 0 Å². The highest BCUT2D eigenvalue weighted by Gasteiger charge is 2.36. The minimum absolute atomic E-state index is 0.0804. The molecule has 160 valence electrons. The van der Waals surface area contributed by atoms with Gasteiger partial charge >= 0.3 is 5.97 Å². The number of hydrogen-bond acceptors (Lipinski definition) is 7. The van der Waals surface area contributed by atoms with E-state index in [1.165, 1.54) is 32.7 Å². The zero-order valence-corrected chi connectivity index (χ0v) is 18.3. The number of nitrogens with zero attached hydrogens (tertiary/aromatic N) is 1. The number of ether oxygens (including phenoxy) is 3. The molecule has 0 radical (unpaired) electrons. The quantitative estimate of drug-likeness (QED) is 0.705. The number of carbonyl (C=O) groups excluding carboxylic acids is 3. The van der Waals surface area contributed by atoms with Crippen molar-refractivity contribution in [2.24, 2.45) is 5.92 Å². The lowest BCUT2D eigenvalue weighted by atomic mass is 10.1. The van der Waals surface area contributed by atoms with Crippen LogP contribution in [0.15, 0.2) is 18.2 Å². The third-order valence-electron chi connectivity index (χ3n) is 5.19. The van der Waals surface area contributed by atoms with Gasteiger partial charge in [0.2, 0.25) is 11.8 Å². The van der Waals surface area contributed by atoms with Gasteiger partial charge in [-0.05, 0) is 31.5 Å². The third kappa shape index (κ3) is 3.97. The summed E-state index contributed by atoms with van der Waals surface area (Å²) in [5.41, 5.74) is 1.76. The maximum absolute atomic E-state index is 12.9. The average molecular weight is 432 g/mol. The van der Waals surface area contributed by atoms with E-state index in [4.69, 9.17) is 14.2 Å². The first kappa shape index (κ1) is 21.6. The summed E-state index contributed by atoms with van der Waals surface area (Å²) in [6.07, 6.45) is 0.0804. The number of esters is 1. The maximum atomic E-state index is 12.9. The van der Waals surface area contributed by atoms with Crippen LogP contribution in [0, 0.1) is 19.8 Å². The maximum Gasteiger partial charge on any atom is 0.341 e. The van der Waals surface area contributed by atoms with Crippen LogP contribution in [0.3, 0.4) is 0 Å². The van der Waals surface area contributed by atoms with Crippen molar-refractivity contribution in [2.45, 2.75) is 20.3 Å². The van der Waals surface area contributed by atoms with Crippen LogP contribution in [-0.2, 0) is 14.3 Å². The SMILES string of the molecule is COC(=O)c1c(NC(=O)C2CC(=O)N(c3ccc(OC)c(OC)c3)C2)sc(C)c1C. The summed E-state index contributed by atoms with van der Waals surface area (Å²) < 4.78 is 15.4. The zero-order chi connectivity index (χ0) is 22.0. The van der Waals surface area contributed by atoms with Gasteiger partial charge in [-0.15, -0.1) is 11.3 Å². The van der Waals surface area contributed by atoms with E-state index in [1.54, 1.807) is 23.1 Å². The number of amides is 2. The molecule has 1 aliphatic rings. The molecule has 0 spiro atoms. The minimum atomic E-state index is -0.543. The fraction of sp³-hybridized carbons (Fsp3) is 0.381. The number of methoxy groups -OCH3 is 3. The number of hydrogen-bond donors (Lipinski definition) is 1. The molecule has 1 aromatic heterocycles. The zero-order valence-electron chi connectivity index (χ0n) is 17.5.